The van der Waals surface area contributed by atoms with Gasteiger partial charge in [0.1, 0.15) is 0 Å². The fourth-order valence-electron chi connectivity index (χ4n) is 2.00. The highest BCUT2D eigenvalue weighted by molar-refractivity contribution is 6.66. The normalized spacial score (nSPS) is 11.9. The summed E-state index contributed by atoms with van der Waals surface area (Å²) in [7, 11) is 2.90. The van der Waals surface area contributed by atoms with Gasteiger partial charge >= 0.3 is 5.97 Å². The molecule has 0 aliphatic heterocycles. The van der Waals surface area contributed by atoms with Crippen molar-refractivity contribution >= 4 is 51.8 Å². The lowest BCUT2D eigenvalue weighted by molar-refractivity contribution is 0.0601. The molecule has 5 nitrogen and oxygen atoms in total. The molecule has 0 fully saturated rings. The van der Waals surface area contributed by atoms with Gasteiger partial charge in [0, 0.05) is 13.7 Å². The maximum absolute atomic E-state index is 11.6. The Morgan fingerprint density at radius 1 is 1.33 bits per heavy atom. The minimum Gasteiger partial charge on any atom is -0.465 e. The van der Waals surface area contributed by atoms with E-state index in [-0.39, 0.29) is 5.82 Å². The molecule has 0 atom stereocenters. The van der Waals surface area contributed by atoms with E-state index in [0.29, 0.717) is 24.2 Å². The Morgan fingerprint density at radius 2 is 2.05 bits per heavy atom. The maximum Gasteiger partial charge on any atom is 0.337 e. The van der Waals surface area contributed by atoms with Crippen molar-refractivity contribution in [3.8, 4) is 0 Å². The van der Waals surface area contributed by atoms with Crippen molar-refractivity contribution in [2.24, 2.45) is 0 Å². The van der Waals surface area contributed by atoms with Crippen LogP contribution in [-0.2, 0) is 19.8 Å². The van der Waals surface area contributed by atoms with Gasteiger partial charge in [-0.2, -0.15) is 0 Å². The zero-order valence-corrected chi connectivity index (χ0v) is 13.7. The van der Waals surface area contributed by atoms with E-state index in [2.05, 4.69) is 9.72 Å². The van der Waals surface area contributed by atoms with E-state index in [0.717, 1.165) is 5.52 Å². The second kappa shape index (κ2) is 6.40. The number of benzene rings is 1. The number of hydrogen-bond acceptors (Lipinski definition) is 4. The number of esters is 1. The number of imidazole rings is 1. The standard InChI is InChI=1S/C13H13Cl3N2O3/c1-20-6-5-18-10-4-3-8(11(19)21-2)7-9(10)17-12(18)13(14,15)16/h3-4,7H,5-6H2,1-2H3. The van der Waals surface area contributed by atoms with Gasteiger partial charge in [-0.3, -0.25) is 0 Å². The lowest BCUT2D eigenvalue weighted by Gasteiger charge is -2.13. The van der Waals surface area contributed by atoms with Crippen LogP contribution in [-0.4, -0.2) is 36.3 Å². The van der Waals surface area contributed by atoms with E-state index in [1.165, 1.54) is 7.11 Å². The first-order valence-corrected chi connectivity index (χ1v) is 7.16. The number of carbonyl (C=O) groups is 1. The van der Waals surface area contributed by atoms with E-state index in [9.17, 15) is 4.79 Å². The maximum atomic E-state index is 11.6. The molecular formula is C13H13Cl3N2O3. The summed E-state index contributed by atoms with van der Waals surface area (Å²) in [4.78, 5) is 15.9. The van der Waals surface area contributed by atoms with Crippen LogP contribution in [0.4, 0.5) is 0 Å². The first-order valence-electron chi connectivity index (χ1n) is 6.03. The summed E-state index contributed by atoms with van der Waals surface area (Å²) >= 11 is 17.9. The molecule has 0 spiro atoms. The van der Waals surface area contributed by atoms with E-state index in [1.54, 1.807) is 29.9 Å². The molecule has 0 saturated carbocycles. The number of hydrogen-bond donors (Lipinski definition) is 0. The van der Waals surface area contributed by atoms with Crippen molar-refractivity contribution in [2.75, 3.05) is 20.8 Å². The van der Waals surface area contributed by atoms with Crippen LogP contribution in [0, 0.1) is 0 Å². The summed E-state index contributed by atoms with van der Waals surface area (Å²) < 4.78 is 9.83. The van der Waals surface area contributed by atoms with Crippen molar-refractivity contribution in [2.45, 2.75) is 10.3 Å². The van der Waals surface area contributed by atoms with Crippen LogP contribution < -0.4 is 0 Å². The molecule has 0 aliphatic rings. The van der Waals surface area contributed by atoms with E-state index in [1.807, 2.05) is 0 Å². The van der Waals surface area contributed by atoms with Crippen LogP contribution in [0.2, 0.25) is 0 Å². The molecule has 1 aromatic carbocycles. The summed E-state index contributed by atoms with van der Waals surface area (Å²) in [5, 5.41) is 0. The number of nitrogens with zero attached hydrogens (tertiary/aromatic N) is 2. The van der Waals surface area contributed by atoms with Crippen molar-refractivity contribution in [1.29, 1.82) is 0 Å². The Morgan fingerprint density at radius 3 is 2.62 bits per heavy atom. The molecular weight excluding hydrogens is 339 g/mol. The Hall–Kier alpha value is -1.01. The molecule has 2 aromatic rings. The van der Waals surface area contributed by atoms with Gasteiger partial charge in [0.25, 0.3) is 0 Å². The highest BCUT2D eigenvalue weighted by Crippen LogP contribution is 2.39. The number of ether oxygens (including phenoxy) is 2. The van der Waals surface area contributed by atoms with Crippen LogP contribution >= 0.6 is 34.8 Å². The molecule has 8 heteroatoms. The molecule has 0 N–H and O–H groups in total. The third-order valence-electron chi connectivity index (χ3n) is 2.94. The Bertz CT molecular complexity index is 664. The first-order chi connectivity index (χ1) is 9.88. The van der Waals surface area contributed by atoms with E-state index in [4.69, 9.17) is 39.5 Å². The lowest BCUT2D eigenvalue weighted by atomic mass is 10.2. The number of fused-ring (bicyclic) bond motifs is 1. The summed E-state index contributed by atoms with van der Waals surface area (Å²) in [6.45, 7) is 0.922. The predicted molar refractivity (Wildman–Crippen MR) is 82.2 cm³/mol. The second-order valence-corrected chi connectivity index (χ2v) is 6.55. The van der Waals surface area contributed by atoms with Gasteiger partial charge in [0.2, 0.25) is 3.79 Å². The van der Waals surface area contributed by atoms with Crippen molar-refractivity contribution < 1.29 is 14.3 Å². The summed E-state index contributed by atoms with van der Waals surface area (Å²) in [5.74, 6) is -0.166. The number of methoxy groups -OCH3 is 2. The fourth-order valence-corrected chi connectivity index (χ4v) is 2.43. The molecule has 0 saturated heterocycles. The Balaban J connectivity index is 2.58. The first kappa shape index (κ1) is 16.4. The smallest absolute Gasteiger partial charge is 0.337 e. The zero-order valence-electron chi connectivity index (χ0n) is 11.4. The molecule has 0 radical (unpaired) electrons. The van der Waals surface area contributed by atoms with Gasteiger partial charge < -0.3 is 14.0 Å². The molecule has 0 aliphatic carbocycles. The Kier molecular flexibility index (Phi) is 4.99. The minimum absolute atomic E-state index is 0.279. The van der Waals surface area contributed by atoms with Gasteiger partial charge in [0.15, 0.2) is 5.82 Å². The van der Waals surface area contributed by atoms with Gasteiger partial charge in [-0.1, -0.05) is 34.8 Å². The van der Waals surface area contributed by atoms with Gasteiger partial charge in [0.05, 0.1) is 30.3 Å². The van der Waals surface area contributed by atoms with Crippen molar-refractivity contribution in [1.82, 2.24) is 9.55 Å². The average Bonchev–Trinajstić information content (AvgIpc) is 2.82. The zero-order chi connectivity index (χ0) is 15.6. The van der Waals surface area contributed by atoms with Gasteiger partial charge in [-0.15, -0.1) is 0 Å². The Labute approximate surface area is 136 Å². The lowest BCUT2D eigenvalue weighted by Crippen LogP contribution is -2.14. The van der Waals surface area contributed by atoms with Crippen LogP contribution in [0.3, 0.4) is 0 Å². The molecule has 1 heterocycles. The topological polar surface area (TPSA) is 53.4 Å². The highest BCUT2D eigenvalue weighted by Gasteiger charge is 2.30. The van der Waals surface area contributed by atoms with Crippen LogP contribution in [0.25, 0.3) is 11.0 Å². The van der Waals surface area contributed by atoms with E-state index >= 15 is 0 Å². The largest absolute Gasteiger partial charge is 0.465 e. The number of rotatable bonds is 4. The molecule has 0 unspecified atom stereocenters. The quantitative estimate of drug-likeness (QED) is 0.626. The molecule has 21 heavy (non-hydrogen) atoms. The van der Waals surface area contributed by atoms with Crippen LogP contribution in [0.15, 0.2) is 18.2 Å². The van der Waals surface area contributed by atoms with Gasteiger partial charge in [-0.25, -0.2) is 9.78 Å². The number of carbonyl (C=O) groups excluding carboxylic acids is 1. The SMILES string of the molecule is COCCn1c(C(Cl)(Cl)Cl)nc2cc(C(=O)OC)ccc21. The monoisotopic (exact) mass is 350 g/mol. The molecule has 0 amide bonds. The number of alkyl halides is 3. The van der Waals surface area contributed by atoms with E-state index < -0.39 is 9.76 Å². The summed E-state index contributed by atoms with van der Waals surface area (Å²) in [6.07, 6.45) is 0. The van der Waals surface area contributed by atoms with Crippen molar-refractivity contribution in [3.63, 3.8) is 0 Å². The van der Waals surface area contributed by atoms with Crippen LogP contribution in [0.5, 0.6) is 0 Å². The molecule has 0 bridgehead atoms. The predicted octanol–water partition coefficient (Wildman–Crippen LogP) is 3.30. The molecule has 1 aromatic heterocycles. The van der Waals surface area contributed by atoms with Gasteiger partial charge in [-0.05, 0) is 18.2 Å². The molecule has 114 valence electrons. The molecule has 2 rings (SSSR count). The fraction of sp³-hybridized carbons (Fsp3) is 0.385. The minimum atomic E-state index is -1.67. The third-order valence-corrected chi connectivity index (χ3v) is 3.45. The number of aromatic nitrogens is 2. The third kappa shape index (κ3) is 3.43. The highest BCUT2D eigenvalue weighted by atomic mass is 35.6. The average molecular weight is 352 g/mol. The number of halogens is 3. The summed E-state index contributed by atoms with van der Waals surface area (Å²) in [5.41, 5.74) is 1.69. The second-order valence-electron chi connectivity index (χ2n) is 4.27. The van der Waals surface area contributed by atoms with Crippen LogP contribution in [0.1, 0.15) is 16.2 Å². The van der Waals surface area contributed by atoms with Crippen molar-refractivity contribution in [3.05, 3.63) is 29.6 Å². The summed E-state index contributed by atoms with van der Waals surface area (Å²) in [6, 6.07) is 4.98.